The van der Waals surface area contributed by atoms with E-state index in [1.54, 1.807) is 20.8 Å². The SMILES string of the molecule is CCC(C)(C)C(=O)OC(C)CC(=O)OCCC(F)(F)S(=O)(=O)O. The molecular formula is C13H22F2O7S. The second-order valence-electron chi connectivity index (χ2n) is 5.74. The van der Waals surface area contributed by atoms with Crippen molar-refractivity contribution < 1.29 is 40.8 Å². The summed E-state index contributed by atoms with van der Waals surface area (Å²) in [5.74, 6) is -1.43. The lowest BCUT2D eigenvalue weighted by atomic mass is 9.90. The van der Waals surface area contributed by atoms with Crippen molar-refractivity contribution >= 4 is 22.1 Å². The van der Waals surface area contributed by atoms with Crippen LogP contribution in [0.4, 0.5) is 8.78 Å². The van der Waals surface area contributed by atoms with Crippen LogP contribution in [0.5, 0.6) is 0 Å². The minimum Gasteiger partial charge on any atom is -0.465 e. The quantitative estimate of drug-likeness (QED) is 0.496. The van der Waals surface area contributed by atoms with Crippen LogP contribution in [0.2, 0.25) is 0 Å². The first-order valence-electron chi connectivity index (χ1n) is 6.94. The molecule has 0 bridgehead atoms. The largest absolute Gasteiger partial charge is 0.465 e. The van der Waals surface area contributed by atoms with E-state index in [0.29, 0.717) is 6.42 Å². The Morgan fingerprint density at radius 3 is 2.22 bits per heavy atom. The monoisotopic (exact) mass is 360 g/mol. The van der Waals surface area contributed by atoms with E-state index >= 15 is 0 Å². The summed E-state index contributed by atoms with van der Waals surface area (Å²) >= 11 is 0. The molecule has 0 aliphatic heterocycles. The first-order chi connectivity index (χ1) is 10.2. The van der Waals surface area contributed by atoms with E-state index in [9.17, 15) is 26.8 Å². The number of hydrogen-bond acceptors (Lipinski definition) is 6. The maximum absolute atomic E-state index is 12.9. The van der Waals surface area contributed by atoms with Crippen LogP contribution < -0.4 is 0 Å². The molecule has 10 heteroatoms. The number of hydrogen-bond donors (Lipinski definition) is 1. The molecule has 0 aliphatic rings. The van der Waals surface area contributed by atoms with Crippen molar-refractivity contribution in [2.45, 2.75) is 58.3 Å². The van der Waals surface area contributed by atoms with Gasteiger partial charge in [0.15, 0.2) is 0 Å². The molecular weight excluding hydrogens is 338 g/mol. The standard InChI is InChI=1S/C13H22F2O7S/c1-5-12(3,4)11(17)22-9(2)8-10(16)21-7-6-13(14,15)23(18,19)20/h9H,5-8H2,1-4H3,(H,18,19,20). The van der Waals surface area contributed by atoms with Crippen molar-refractivity contribution in [3.63, 3.8) is 0 Å². The minimum atomic E-state index is -5.55. The van der Waals surface area contributed by atoms with Crippen LogP contribution in [-0.4, -0.2) is 42.9 Å². The van der Waals surface area contributed by atoms with E-state index in [2.05, 4.69) is 4.74 Å². The molecule has 0 saturated heterocycles. The summed E-state index contributed by atoms with van der Waals surface area (Å²) in [5.41, 5.74) is -0.713. The summed E-state index contributed by atoms with van der Waals surface area (Å²) in [5, 5.41) is -4.39. The molecule has 0 aromatic heterocycles. The highest BCUT2D eigenvalue weighted by atomic mass is 32.2. The molecule has 0 spiro atoms. The summed E-state index contributed by atoms with van der Waals surface area (Å²) in [7, 11) is -5.55. The number of esters is 2. The molecule has 0 rings (SSSR count). The Morgan fingerprint density at radius 1 is 1.26 bits per heavy atom. The fraction of sp³-hybridized carbons (Fsp3) is 0.846. The summed E-state index contributed by atoms with van der Waals surface area (Å²) in [6.07, 6.45) is -2.01. The lowest BCUT2D eigenvalue weighted by Crippen LogP contribution is -2.31. The van der Waals surface area contributed by atoms with Crippen LogP contribution in [0.1, 0.15) is 47.0 Å². The molecule has 0 radical (unpaired) electrons. The minimum absolute atomic E-state index is 0.358. The molecule has 23 heavy (non-hydrogen) atoms. The zero-order valence-corrected chi connectivity index (χ0v) is 14.3. The Labute approximate surface area is 134 Å². The highest BCUT2D eigenvalue weighted by Gasteiger charge is 2.43. The van der Waals surface area contributed by atoms with Crippen molar-refractivity contribution in [1.82, 2.24) is 0 Å². The first-order valence-corrected chi connectivity index (χ1v) is 8.38. The maximum atomic E-state index is 12.9. The molecule has 7 nitrogen and oxygen atoms in total. The van der Waals surface area contributed by atoms with Gasteiger partial charge in [-0.3, -0.25) is 14.1 Å². The highest BCUT2D eigenvalue weighted by Crippen LogP contribution is 2.25. The third-order valence-electron chi connectivity index (χ3n) is 3.23. The van der Waals surface area contributed by atoms with Gasteiger partial charge in [-0.25, -0.2) is 0 Å². The van der Waals surface area contributed by atoms with Gasteiger partial charge in [-0.2, -0.15) is 17.2 Å². The Morgan fingerprint density at radius 2 is 1.78 bits per heavy atom. The molecule has 0 amide bonds. The zero-order chi connectivity index (χ0) is 18.5. The summed E-state index contributed by atoms with van der Waals surface area (Å²) in [4.78, 5) is 23.2. The third-order valence-corrected chi connectivity index (χ3v) is 4.19. The van der Waals surface area contributed by atoms with Crippen LogP contribution >= 0.6 is 0 Å². The van der Waals surface area contributed by atoms with Gasteiger partial charge in [0.2, 0.25) is 0 Å². The van der Waals surface area contributed by atoms with Crippen molar-refractivity contribution in [3.8, 4) is 0 Å². The second-order valence-corrected chi connectivity index (χ2v) is 7.29. The Kier molecular flexibility index (Phi) is 7.55. The second kappa shape index (κ2) is 8.00. The van der Waals surface area contributed by atoms with Gasteiger partial charge in [0.25, 0.3) is 0 Å². The van der Waals surface area contributed by atoms with Gasteiger partial charge in [-0.1, -0.05) is 6.92 Å². The average Bonchev–Trinajstić information content (AvgIpc) is 2.36. The summed E-state index contributed by atoms with van der Waals surface area (Å²) in [6, 6.07) is 0. The average molecular weight is 360 g/mol. The first kappa shape index (κ1) is 21.7. The molecule has 1 unspecified atom stereocenters. The van der Waals surface area contributed by atoms with Crippen LogP contribution in [0.25, 0.3) is 0 Å². The molecule has 136 valence electrons. The molecule has 0 saturated carbocycles. The molecule has 0 heterocycles. The van der Waals surface area contributed by atoms with Crippen molar-refractivity contribution in [3.05, 3.63) is 0 Å². The number of alkyl halides is 2. The third kappa shape index (κ3) is 7.21. The van der Waals surface area contributed by atoms with Gasteiger partial charge < -0.3 is 9.47 Å². The maximum Gasteiger partial charge on any atom is 0.373 e. The molecule has 0 aromatic rings. The van der Waals surface area contributed by atoms with Crippen molar-refractivity contribution in [2.75, 3.05) is 6.61 Å². The van der Waals surface area contributed by atoms with E-state index in [1.165, 1.54) is 6.92 Å². The molecule has 1 atom stereocenters. The molecule has 0 fully saturated rings. The zero-order valence-electron chi connectivity index (χ0n) is 13.5. The van der Waals surface area contributed by atoms with Crippen LogP contribution in [0, 0.1) is 5.41 Å². The van der Waals surface area contributed by atoms with Crippen molar-refractivity contribution in [2.24, 2.45) is 5.41 Å². The Bertz CT molecular complexity index is 528. The number of rotatable bonds is 9. The molecule has 0 aliphatic carbocycles. The van der Waals surface area contributed by atoms with Gasteiger partial charge >= 0.3 is 27.3 Å². The molecule has 0 aromatic carbocycles. The van der Waals surface area contributed by atoms with Crippen LogP contribution in [0.3, 0.4) is 0 Å². The van der Waals surface area contributed by atoms with Gasteiger partial charge in [0.1, 0.15) is 6.10 Å². The number of carbonyl (C=O) groups is 2. The molecule has 1 N–H and O–H groups in total. The lowest BCUT2D eigenvalue weighted by Gasteiger charge is -2.23. The number of carbonyl (C=O) groups excluding carboxylic acids is 2. The highest BCUT2D eigenvalue weighted by molar-refractivity contribution is 7.86. The van der Waals surface area contributed by atoms with Crippen LogP contribution in [0.15, 0.2) is 0 Å². The van der Waals surface area contributed by atoms with Gasteiger partial charge in [0, 0.05) is 0 Å². The Hall–Kier alpha value is -1.29. The lowest BCUT2D eigenvalue weighted by molar-refractivity contribution is -0.162. The van der Waals surface area contributed by atoms with Gasteiger partial charge in [-0.15, -0.1) is 0 Å². The topological polar surface area (TPSA) is 107 Å². The van der Waals surface area contributed by atoms with E-state index in [0.717, 1.165) is 0 Å². The summed E-state index contributed by atoms with van der Waals surface area (Å²) in [6.45, 7) is 5.70. The summed E-state index contributed by atoms with van der Waals surface area (Å²) < 4.78 is 64.3. The predicted molar refractivity (Wildman–Crippen MR) is 76.3 cm³/mol. The van der Waals surface area contributed by atoms with Crippen LogP contribution in [-0.2, 0) is 29.2 Å². The number of ether oxygens (including phenoxy) is 2. The van der Waals surface area contributed by atoms with E-state index in [-0.39, 0.29) is 6.42 Å². The number of halogens is 2. The van der Waals surface area contributed by atoms with E-state index in [4.69, 9.17) is 9.29 Å². The van der Waals surface area contributed by atoms with Gasteiger partial charge in [-0.05, 0) is 27.2 Å². The Balaban J connectivity index is 4.29. The normalized spacial score (nSPS) is 14.2. The predicted octanol–water partition coefficient (Wildman–Crippen LogP) is 2.16. The van der Waals surface area contributed by atoms with E-state index in [1.807, 2.05) is 0 Å². The fourth-order valence-electron chi connectivity index (χ4n) is 1.23. The fourth-order valence-corrected chi connectivity index (χ4v) is 1.58. The van der Waals surface area contributed by atoms with Gasteiger partial charge in [0.05, 0.1) is 24.9 Å². The smallest absolute Gasteiger partial charge is 0.373 e. The van der Waals surface area contributed by atoms with E-state index < -0.39 is 51.9 Å². The van der Waals surface area contributed by atoms with Crippen molar-refractivity contribution in [1.29, 1.82) is 0 Å².